The Balaban J connectivity index is 0.00000208. The number of nitrogens with one attached hydrogen (secondary N) is 1. The number of rotatable bonds is 6. The highest BCUT2D eigenvalue weighted by atomic mass is 35.5. The summed E-state index contributed by atoms with van der Waals surface area (Å²) in [5.74, 6) is 0.754. The Hall–Kier alpha value is -1.40. The number of alkyl halides is 2. The van der Waals surface area contributed by atoms with E-state index in [-0.39, 0.29) is 24.1 Å². The maximum atomic E-state index is 12.5. The molecule has 1 aliphatic carbocycles. The fourth-order valence-electron chi connectivity index (χ4n) is 2.93. The van der Waals surface area contributed by atoms with E-state index in [1.807, 2.05) is 0 Å². The van der Waals surface area contributed by atoms with Crippen LogP contribution in [0.25, 0.3) is 0 Å². The van der Waals surface area contributed by atoms with Crippen molar-refractivity contribution in [3.8, 4) is 5.75 Å². The molecule has 0 radical (unpaired) electrons. The van der Waals surface area contributed by atoms with Crippen molar-refractivity contribution < 1.29 is 18.3 Å². The second-order valence-electron chi connectivity index (χ2n) is 6.32. The van der Waals surface area contributed by atoms with Gasteiger partial charge in [-0.25, -0.2) is 0 Å². The van der Waals surface area contributed by atoms with Gasteiger partial charge in [0, 0.05) is 24.7 Å². The lowest BCUT2D eigenvalue weighted by molar-refractivity contribution is -0.0499. The average molecular weight is 361 g/mol. The number of nitrogens with zero attached hydrogens (tertiary/aromatic N) is 1. The molecule has 0 spiro atoms. The molecule has 4 nitrogen and oxygen atoms in total. The third-order valence-electron chi connectivity index (χ3n) is 4.48. The van der Waals surface area contributed by atoms with Crippen molar-refractivity contribution in [2.75, 3.05) is 19.6 Å². The Morgan fingerprint density at radius 1 is 1.25 bits per heavy atom. The molecule has 1 amide bonds. The minimum atomic E-state index is -2.88. The van der Waals surface area contributed by atoms with Crippen molar-refractivity contribution >= 4 is 18.3 Å². The van der Waals surface area contributed by atoms with E-state index in [1.54, 1.807) is 17.0 Å². The van der Waals surface area contributed by atoms with Crippen molar-refractivity contribution in [2.24, 2.45) is 5.92 Å². The summed E-state index contributed by atoms with van der Waals surface area (Å²) in [5.41, 5.74) is 0.396. The van der Waals surface area contributed by atoms with E-state index < -0.39 is 6.61 Å². The van der Waals surface area contributed by atoms with Gasteiger partial charge in [-0.15, -0.1) is 12.4 Å². The normalized spacial score (nSPS) is 18.4. The zero-order chi connectivity index (χ0) is 16.2. The standard InChI is InChI=1S/C17H22F2N2O2.ClH/c18-17(19)23-15-3-1-2-13(10-15)16(22)21-8-6-14(7-9-21)20-11-12-4-5-12;/h1-3,10,12,14,17,20H,4-9,11H2;1H. The van der Waals surface area contributed by atoms with E-state index in [2.05, 4.69) is 10.1 Å². The van der Waals surface area contributed by atoms with Crippen molar-refractivity contribution in [1.29, 1.82) is 0 Å². The summed E-state index contributed by atoms with van der Waals surface area (Å²) in [5, 5.41) is 3.57. The molecule has 1 aromatic rings. The number of likely N-dealkylation sites (tertiary alicyclic amines) is 1. The van der Waals surface area contributed by atoms with Gasteiger partial charge in [0.25, 0.3) is 5.91 Å². The molecule has 0 atom stereocenters. The van der Waals surface area contributed by atoms with Crippen LogP contribution in [0.1, 0.15) is 36.0 Å². The molecule has 0 aromatic heterocycles. The summed E-state index contributed by atoms with van der Waals surface area (Å²) in [6, 6.07) is 6.49. The van der Waals surface area contributed by atoms with Crippen LogP contribution in [-0.2, 0) is 0 Å². The number of halogens is 3. The fraction of sp³-hybridized carbons (Fsp3) is 0.588. The maximum absolute atomic E-state index is 12.5. The second kappa shape index (κ2) is 8.62. The number of carbonyl (C=O) groups excluding carboxylic acids is 1. The summed E-state index contributed by atoms with van der Waals surface area (Å²) < 4.78 is 28.9. The molecular weight excluding hydrogens is 338 g/mol. The molecule has 7 heteroatoms. The molecule has 3 rings (SSSR count). The highest BCUT2D eigenvalue weighted by Crippen LogP contribution is 2.28. The molecule has 1 N–H and O–H groups in total. The van der Waals surface area contributed by atoms with Gasteiger partial charge in [-0.2, -0.15) is 8.78 Å². The Labute approximate surface area is 147 Å². The summed E-state index contributed by atoms with van der Waals surface area (Å²) in [6.07, 6.45) is 4.54. The van der Waals surface area contributed by atoms with Crippen LogP contribution in [-0.4, -0.2) is 43.1 Å². The second-order valence-corrected chi connectivity index (χ2v) is 6.32. The van der Waals surface area contributed by atoms with E-state index in [0.29, 0.717) is 24.7 Å². The monoisotopic (exact) mass is 360 g/mol. The van der Waals surface area contributed by atoms with Gasteiger partial charge in [0.2, 0.25) is 0 Å². The summed E-state index contributed by atoms with van der Waals surface area (Å²) in [4.78, 5) is 14.3. The van der Waals surface area contributed by atoms with Crippen molar-refractivity contribution in [1.82, 2.24) is 10.2 Å². The zero-order valence-electron chi connectivity index (χ0n) is 13.4. The molecule has 2 fully saturated rings. The third kappa shape index (κ3) is 5.31. The lowest BCUT2D eigenvalue weighted by Crippen LogP contribution is -2.45. The van der Waals surface area contributed by atoms with Gasteiger partial charge in [0.15, 0.2) is 0 Å². The SMILES string of the molecule is Cl.O=C(c1cccc(OC(F)F)c1)N1CCC(NCC2CC2)CC1. The fourth-order valence-corrected chi connectivity index (χ4v) is 2.93. The number of carbonyl (C=O) groups is 1. The van der Waals surface area contributed by atoms with Gasteiger partial charge >= 0.3 is 6.61 Å². The van der Waals surface area contributed by atoms with Crippen LogP contribution in [0.15, 0.2) is 24.3 Å². The first-order valence-corrected chi connectivity index (χ1v) is 8.19. The lowest BCUT2D eigenvalue weighted by atomic mass is 10.0. The van der Waals surface area contributed by atoms with Gasteiger partial charge in [0.1, 0.15) is 5.75 Å². The molecule has 2 aliphatic rings. The number of piperidine rings is 1. The Kier molecular flexibility index (Phi) is 6.80. The summed E-state index contributed by atoms with van der Waals surface area (Å²) >= 11 is 0. The van der Waals surface area contributed by atoms with Crippen LogP contribution in [0.2, 0.25) is 0 Å². The van der Waals surface area contributed by atoms with Gasteiger partial charge in [-0.05, 0) is 56.3 Å². The van der Waals surface area contributed by atoms with E-state index in [1.165, 1.54) is 25.0 Å². The van der Waals surface area contributed by atoms with Gasteiger partial charge in [0.05, 0.1) is 0 Å². The molecule has 0 unspecified atom stereocenters. The van der Waals surface area contributed by atoms with Gasteiger partial charge in [-0.1, -0.05) is 6.07 Å². The first-order chi connectivity index (χ1) is 11.1. The minimum Gasteiger partial charge on any atom is -0.435 e. The Morgan fingerprint density at radius 3 is 2.58 bits per heavy atom. The van der Waals surface area contributed by atoms with Crippen molar-refractivity contribution in [3.05, 3.63) is 29.8 Å². The minimum absolute atomic E-state index is 0. The molecule has 0 bridgehead atoms. The molecule has 134 valence electrons. The summed E-state index contributed by atoms with van der Waals surface area (Å²) in [7, 11) is 0. The third-order valence-corrected chi connectivity index (χ3v) is 4.48. The highest BCUT2D eigenvalue weighted by molar-refractivity contribution is 5.94. The van der Waals surface area contributed by atoms with Crippen LogP contribution in [0.3, 0.4) is 0 Å². The van der Waals surface area contributed by atoms with Crippen molar-refractivity contribution in [3.63, 3.8) is 0 Å². The Morgan fingerprint density at radius 2 is 1.96 bits per heavy atom. The van der Waals surface area contributed by atoms with Crippen molar-refractivity contribution in [2.45, 2.75) is 38.3 Å². The van der Waals surface area contributed by atoms with E-state index >= 15 is 0 Å². The topological polar surface area (TPSA) is 41.6 Å². The smallest absolute Gasteiger partial charge is 0.387 e. The summed E-state index contributed by atoms with van der Waals surface area (Å²) in [6.45, 7) is -0.401. The van der Waals surface area contributed by atoms with Crippen LogP contribution in [0, 0.1) is 5.92 Å². The molecule has 1 aliphatic heterocycles. The maximum Gasteiger partial charge on any atom is 0.387 e. The van der Waals surface area contributed by atoms with E-state index in [4.69, 9.17) is 0 Å². The average Bonchev–Trinajstić information content (AvgIpc) is 3.37. The zero-order valence-corrected chi connectivity index (χ0v) is 14.2. The molecule has 1 saturated carbocycles. The molecular formula is C17H23ClF2N2O2. The van der Waals surface area contributed by atoms with E-state index in [0.717, 1.165) is 25.3 Å². The number of amides is 1. The van der Waals surface area contributed by atoms with Crippen LogP contribution < -0.4 is 10.1 Å². The quantitative estimate of drug-likeness (QED) is 0.846. The number of hydrogen-bond donors (Lipinski definition) is 1. The van der Waals surface area contributed by atoms with Gasteiger partial charge in [-0.3, -0.25) is 4.79 Å². The molecule has 24 heavy (non-hydrogen) atoms. The van der Waals surface area contributed by atoms with Crippen LogP contribution >= 0.6 is 12.4 Å². The predicted octanol–water partition coefficient (Wildman–Crippen LogP) is 3.31. The molecule has 1 saturated heterocycles. The highest BCUT2D eigenvalue weighted by Gasteiger charge is 2.26. The lowest BCUT2D eigenvalue weighted by Gasteiger charge is -2.32. The number of ether oxygens (including phenoxy) is 1. The Bertz CT molecular complexity index is 547. The van der Waals surface area contributed by atoms with Crippen LogP contribution in [0.5, 0.6) is 5.75 Å². The molecule has 1 heterocycles. The predicted molar refractivity (Wildman–Crippen MR) is 90.0 cm³/mol. The number of benzene rings is 1. The first kappa shape index (κ1) is 18.9. The van der Waals surface area contributed by atoms with Crippen LogP contribution in [0.4, 0.5) is 8.78 Å². The number of hydrogen-bond acceptors (Lipinski definition) is 3. The van der Waals surface area contributed by atoms with Gasteiger partial charge < -0.3 is 15.0 Å². The molecule has 1 aromatic carbocycles. The van der Waals surface area contributed by atoms with E-state index in [9.17, 15) is 13.6 Å². The first-order valence-electron chi connectivity index (χ1n) is 8.19. The largest absolute Gasteiger partial charge is 0.435 e.